The number of nitrogens with zero attached hydrogens (tertiary/aromatic N) is 1. The Kier molecular flexibility index (Phi) is 7.84. The van der Waals surface area contributed by atoms with Crippen molar-refractivity contribution in [1.82, 2.24) is 0 Å². The van der Waals surface area contributed by atoms with Gasteiger partial charge in [-0.15, -0.1) is 0 Å². The van der Waals surface area contributed by atoms with Crippen LogP contribution in [-0.2, 0) is 19.0 Å². The number of methoxy groups -OCH3 is 1. The van der Waals surface area contributed by atoms with Crippen LogP contribution in [0.2, 0.25) is 6.32 Å². The summed E-state index contributed by atoms with van der Waals surface area (Å²) in [4.78, 5) is 28.6. The van der Waals surface area contributed by atoms with Crippen molar-refractivity contribution in [2.24, 2.45) is 17.8 Å². The van der Waals surface area contributed by atoms with Crippen LogP contribution >= 0.6 is 0 Å². The van der Waals surface area contributed by atoms with Crippen LogP contribution in [-0.4, -0.2) is 48.9 Å². The number of fused-ring (bicyclic) bond motifs is 3. The third kappa shape index (κ3) is 5.08. The smallest absolute Gasteiger partial charge is 0.455 e. The normalized spacial score (nSPS) is 25.6. The van der Waals surface area contributed by atoms with Gasteiger partial charge in [0.1, 0.15) is 5.75 Å². The summed E-state index contributed by atoms with van der Waals surface area (Å²) in [5.41, 5.74) is 4.73. The summed E-state index contributed by atoms with van der Waals surface area (Å²) >= 11 is 0. The van der Waals surface area contributed by atoms with Crippen LogP contribution < -0.4 is 4.90 Å². The Morgan fingerprint density at radius 3 is 2.63 bits per heavy atom. The largest absolute Gasteiger partial charge is 0.508 e. The molecule has 1 aliphatic carbocycles. The van der Waals surface area contributed by atoms with E-state index in [4.69, 9.17) is 9.39 Å². The Morgan fingerprint density at radius 2 is 1.92 bits per heavy atom. The zero-order chi connectivity index (χ0) is 26.8. The lowest BCUT2D eigenvalue weighted by Crippen LogP contribution is -2.46. The van der Waals surface area contributed by atoms with Crippen molar-refractivity contribution in [1.29, 1.82) is 0 Å². The summed E-state index contributed by atoms with van der Waals surface area (Å²) in [6, 6.07) is 16.2. The van der Waals surface area contributed by atoms with Crippen molar-refractivity contribution >= 4 is 30.7 Å². The molecule has 0 aromatic heterocycles. The van der Waals surface area contributed by atoms with Gasteiger partial charge < -0.3 is 19.5 Å². The summed E-state index contributed by atoms with van der Waals surface area (Å²) in [5.74, 6) is -1.42. The van der Waals surface area contributed by atoms with Gasteiger partial charge in [0.05, 0.1) is 30.2 Å². The van der Waals surface area contributed by atoms with Crippen molar-refractivity contribution in [3.05, 3.63) is 76.9 Å². The highest BCUT2D eigenvalue weighted by Gasteiger charge is 2.57. The number of hydrogen-bond donors (Lipinski definition) is 2. The van der Waals surface area contributed by atoms with E-state index in [9.17, 15) is 19.7 Å². The Balaban J connectivity index is 1.44. The molecule has 2 amide bonds. The number of benzene rings is 2. The molecule has 2 aromatic rings. The molecule has 2 saturated heterocycles. The molecule has 0 saturated carbocycles. The van der Waals surface area contributed by atoms with Crippen molar-refractivity contribution in [3.8, 4) is 5.75 Å². The van der Waals surface area contributed by atoms with E-state index in [1.807, 2.05) is 30.3 Å². The second-order valence-electron chi connectivity index (χ2n) is 10.4. The van der Waals surface area contributed by atoms with Gasteiger partial charge in [0.25, 0.3) is 0 Å². The van der Waals surface area contributed by atoms with Gasteiger partial charge in [0.2, 0.25) is 11.8 Å². The van der Waals surface area contributed by atoms with E-state index in [0.29, 0.717) is 25.1 Å². The van der Waals surface area contributed by atoms with Crippen LogP contribution in [0.15, 0.2) is 71.3 Å². The Morgan fingerprint density at radius 1 is 1.13 bits per heavy atom. The first-order valence-corrected chi connectivity index (χ1v) is 13.4. The second-order valence-corrected chi connectivity index (χ2v) is 10.4. The number of anilines is 1. The van der Waals surface area contributed by atoms with Crippen LogP contribution in [0.3, 0.4) is 0 Å². The molecule has 3 aliphatic rings. The molecule has 2 heterocycles. The van der Waals surface area contributed by atoms with Crippen molar-refractivity contribution in [3.63, 3.8) is 0 Å². The number of aromatic hydroxyl groups is 1. The van der Waals surface area contributed by atoms with Gasteiger partial charge in [-0.2, -0.15) is 0 Å². The van der Waals surface area contributed by atoms with Crippen LogP contribution in [0.5, 0.6) is 5.75 Å². The fraction of sp³-hybridized carbons (Fsp3) is 0.400. The second kappa shape index (κ2) is 11.3. The maximum absolute atomic E-state index is 13.7. The first-order valence-electron chi connectivity index (χ1n) is 13.4. The number of ether oxygens (including phenoxy) is 1. The molecule has 2 N–H and O–H groups in total. The minimum atomic E-state index is -1.01. The van der Waals surface area contributed by atoms with Crippen LogP contribution in [0.4, 0.5) is 5.69 Å². The van der Waals surface area contributed by atoms with Crippen molar-refractivity contribution in [2.45, 2.75) is 45.0 Å². The lowest BCUT2D eigenvalue weighted by Gasteiger charge is -2.43. The molecule has 38 heavy (non-hydrogen) atoms. The van der Waals surface area contributed by atoms with E-state index in [0.717, 1.165) is 29.6 Å². The van der Waals surface area contributed by atoms with Gasteiger partial charge in [0.15, 0.2) is 0 Å². The molecule has 0 radical (unpaired) electrons. The highest BCUT2D eigenvalue weighted by Crippen LogP contribution is 2.51. The number of carbonyl (C=O) groups is 2. The molecule has 2 aliphatic heterocycles. The van der Waals surface area contributed by atoms with E-state index in [2.05, 4.69) is 13.0 Å². The molecule has 0 unspecified atom stereocenters. The van der Waals surface area contributed by atoms with Crippen LogP contribution in [0.1, 0.15) is 38.2 Å². The molecular weight excluding hydrogens is 481 g/mol. The molecule has 2 aromatic carbocycles. The summed E-state index contributed by atoms with van der Waals surface area (Å²) in [6.45, 7) is 2.45. The molecule has 0 bridgehead atoms. The monoisotopic (exact) mass is 515 g/mol. The standard InChI is InChI=1S/C30H34BNO6/c1-3-19(14-20-8-7-11-23(33)15-20)12-13-26-27-21(18-37-2)16-24-28(25(27)17-31(36)38-26)30(35)32(29(24)34)22-9-5-4-6-10-22/h4-11,14-15,24-26,28,33,36H,3,12-13,16-18H2,1-2H3/b19-14+/t24-,25+,26-,28-/m1/s1. The third-order valence-corrected chi connectivity index (χ3v) is 8.06. The lowest BCUT2D eigenvalue weighted by atomic mass is 9.58. The fourth-order valence-corrected chi connectivity index (χ4v) is 6.42. The van der Waals surface area contributed by atoms with Gasteiger partial charge >= 0.3 is 7.12 Å². The zero-order valence-electron chi connectivity index (χ0n) is 21.9. The number of amides is 2. The molecule has 2 fully saturated rings. The predicted octanol–water partition coefficient (Wildman–Crippen LogP) is 4.61. The van der Waals surface area contributed by atoms with Gasteiger partial charge in [-0.25, -0.2) is 0 Å². The quantitative estimate of drug-likeness (QED) is 0.303. The van der Waals surface area contributed by atoms with Crippen molar-refractivity contribution in [2.75, 3.05) is 18.6 Å². The first kappa shape index (κ1) is 26.4. The maximum atomic E-state index is 13.7. The fourth-order valence-electron chi connectivity index (χ4n) is 6.42. The molecule has 7 nitrogen and oxygen atoms in total. The van der Waals surface area contributed by atoms with Crippen molar-refractivity contribution < 1.29 is 29.1 Å². The van der Waals surface area contributed by atoms with E-state index >= 15 is 0 Å². The number of phenolic OH excluding ortho intramolecular Hbond substituents is 1. The topological polar surface area (TPSA) is 96.3 Å². The van der Waals surface area contributed by atoms with Gasteiger partial charge in [-0.05, 0) is 78.9 Å². The summed E-state index contributed by atoms with van der Waals surface area (Å²) in [7, 11) is 0.623. The van der Waals surface area contributed by atoms with E-state index in [1.165, 1.54) is 10.5 Å². The van der Waals surface area contributed by atoms with Gasteiger partial charge in [0, 0.05) is 7.11 Å². The molecule has 5 rings (SSSR count). The number of carbonyl (C=O) groups excluding carboxylic acids is 2. The highest BCUT2D eigenvalue weighted by molar-refractivity contribution is 6.43. The molecular formula is C30H34BNO6. The van der Waals surface area contributed by atoms with E-state index in [-0.39, 0.29) is 35.9 Å². The highest BCUT2D eigenvalue weighted by atomic mass is 16.5. The van der Waals surface area contributed by atoms with Gasteiger partial charge in [-0.1, -0.05) is 48.9 Å². The molecule has 8 heteroatoms. The number of imide groups is 1. The van der Waals surface area contributed by atoms with E-state index in [1.54, 1.807) is 31.4 Å². The number of allylic oxidation sites excluding steroid dienone is 1. The lowest BCUT2D eigenvalue weighted by molar-refractivity contribution is -0.122. The Labute approximate surface area is 223 Å². The number of phenols is 1. The van der Waals surface area contributed by atoms with Gasteiger partial charge in [-0.3, -0.25) is 14.5 Å². The molecule has 198 valence electrons. The third-order valence-electron chi connectivity index (χ3n) is 8.06. The zero-order valence-corrected chi connectivity index (χ0v) is 21.9. The summed E-state index contributed by atoms with van der Waals surface area (Å²) in [6.07, 6.45) is 4.64. The van der Waals surface area contributed by atoms with Crippen LogP contribution in [0.25, 0.3) is 6.08 Å². The Bertz CT molecular complexity index is 1260. The minimum Gasteiger partial charge on any atom is -0.508 e. The maximum Gasteiger partial charge on any atom is 0.455 e. The number of hydrogen-bond acceptors (Lipinski definition) is 6. The predicted molar refractivity (Wildman–Crippen MR) is 146 cm³/mol. The summed E-state index contributed by atoms with van der Waals surface area (Å²) in [5, 5.41) is 20.6. The number of rotatable bonds is 8. The van der Waals surface area contributed by atoms with E-state index < -0.39 is 19.0 Å². The average Bonchev–Trinajstić information content (AvgIpc) is 3.16. The first-order chi connectivity index (χ1) is 18.4. The molecule has 0 spiro atoms. The average molecular weight is 515 g/mol. The summed E-state index contributed by atoms with van der Waals surface area (Å²) < 4.78 is 11.6. The van der Waals surface area contributed by atoms with Crippen LogP contribution in [0, 0.1) is 17.8 Å². The number of para-hydroxylation sites is 1. The SMILES string of the molecule is CC/C(=C\c1cccc(O)c1)CC[C@H]1OB(O)C[C@H]2C1=C(COC)C[C@H]1C(=O)N(c3ccccc3)C(=O)[C@H]12. The minimum absolute atomic E-state index is 0.182. The Hall–Kier alpha value is -3.20. The molecule has 4 atom stereocenters.